The number of aromatic nitrogens is 1. The Balaban J connectivity index is 1.79. The Morgan fingerprint density at radius 3 is 2.76 bits per heavy atom. The van der Waals surface area contributed by atoms with Gasteiger partial charge in [0, 0.05) is 16.8 Å². The predicted molar refractivity (Wildman–Crippen MR) is 91.3 cm³/mol. The zero-order valence-corrected chi connectivity index (χ0v) is 12.0. The molecule has 3 nitrogen and oxygen atoms in total. The van der Waals surface area contributed by atoms with E-state index in [9.17, 15) is 0 Å². The summed E-state index contributed by atoms with van der Waals surface area (Å²) in [5.41, 5.74) is 8.62. The van der Waals surface area contributed by atoms with Crippen LogP contribution in [0, 0.1) is 0 Å². The standard InChI is InChI=1S/C17H13N3S/c18-12-8-9-15-16(10-12)21-17(20-15)19-14-7-3-5-11-4-1-2-6-13(11)14/h1-10H,18H2,(H,19,20). The van der Waals surface area contributed by atoms with E-state index in [1.54, 1.807) is 11.3 Å². The molecule has 0 bridgehead atoms. The van der Waals surface area contributed by atoms with E-state index in [0.29, 0.717) is 0 Å². The molecule has 0 atom stereocenters. The summed E-state index contributed by atoms with van der Waals surface area (Å²) in [6, 6.07) is 20.3. The van der Waals surface area contributed by atoms with Crippen LogP contribution < -0.4 is 11.1 Å². The fourth-order valence-corrected chi connectivity index (χ4v) is 3.37. The maximum Gasteiger partial charge on any atom is 0.188 e. The molecule has 4 rings (SSSR count). The molecule has 3 N–H and O–H groups in total. The third kappa shape index (κ3) is 2.19. The first-order chi connectivity index (χ1) is 10.3. The third-order valence-electron chi connectivity index (χ3n) is 3.44. The maximum absolute atomic E-state index is 5.82. The summed E-state index contributed by atoms with van der Waals surface area (Å²) < 4.78 is 1.10. The predicted octanol–water partition coefficient (Wildman–Crippen LogP) is 4.78. The van der Waals surface area contributed by atoms with E-state index >= 15 is 0 Å². The average molecular weight is 291 g/mol. The number of fused-ring (bicyclic) bond motifs is 2. The molecule has 21 heavy (non-hydrogen) atoms. The van der Waals surface area contributed by atoms with Gasteiger partial charge in [-0.1, -0.05) is 47.7 Å². The molecule has 0 unspecified atom stereocenters. The van der Waals surface area contributed by atoms with Gasteiger partial charge < -0.3 is 11.1 Å². The molecule has 0 amide bonds. The Morgan fingerprint density at radius 2 is 1.81 bits per heavy atom. The van der Waals surface area contributed by atoms with Crippen LogP contribution in [0.4, 0.5) is 16.5 Å². The molecular formula is C17H13N3S. The zero-order chi connectivity index (χ0) is 14.2. The van der Waals surface area contributed by atoms with E-state index in [1.807, 2.05) is 30.3 Å². The van der Waals surface area contributed by atoms with Crippen molar-refractivity contribution in [1.29, 1.82) is 0 Å². The van der Waals surface area contributed by atoms with E-state index in [0.717, 1.165) is 26.7 Å². The van der Waals surface area contributed by atoms with Crippen LogP contribution in [0.2, 0.25) is 0 Å². The molecule has 0 saturated heterocycles. The highest BCUT2D eigenvalue weighted by molar-refractivity contribution is 7.22. The summed E-state index contributed by atoms with van der Waals surface area (Å²) in [4.78, 5) is 4.61. The number of nitrogens with one attached hydrogen (secondary N) is 1. The third-order valence-corrected chi connectivity index (χ3v) is 4.38. The van der Waals surface area contributed by atoms with Gasteiger partial charge in [0.2, 0.25) is 0 Å². The average Bonchev–Trinajstić information content (AvgIpc) is 2.89. The van der Waals surface area contributed by atoms with Gasteiger partial charge in [-0.25, -0.2) is 4.98 Å². The molecule has 0 radical (unpaired) electrons. The molecule has 4 aromatic rings. The summed E-state index contributed by atoms with van der Waals surface area (Å²) in [5.74, 6) is 0. The van der Waals surface area contributed by atoms with Crippen molar-refractivity contribution in [3.63, 3.8) is 0 Å². The summed E-state index contributed by atoms with van der Waals surface area (Å²) >= 11 is 1.61. The van der Waals surface area contributed by atoms with Gasteiger partial charge in [0.25, 0.3) is 0 Å². The lowest BCUT2D eigenvalue weighted by molar-refractivity contribution is 1.45. The van der Waals surface area contributed by atoms with Crippen molar-refractivity contribution in [2.75, 3.05) is 11.1 Å². The lowest BCUT2D eigenvalue weighted by Crippen LogP contribution is -1.90. The Bertz CT molecular complexity index is 938. The molecule has 0 saturated carbocycles. The van der Waals surface area contributed by atoms with Crippen LogP contribution in [0.1, 0.15) is 0 Å². The number of nitrogens with zero attached hydrogens (tertiary/aromatic N) is 1. The number of nitrogens with two attached hydrogens (primary N) is 1. The van der Waals surface area contributed by atoms with Gasteiger partial charge in [0.15, 0.2) is 5.13 Å². The first kappa shape index (κ1) is 12.2. The first-order valence-corrected chi connectivity index (χ1v) is 7.52. The van der Waals surface area contributed by atoms with Crippen molar-refractivity contribution in [2.24, 2.45) is 0 Å². The molecule has 0 spiro atoms. The summed E-state index contributed by atoms with van der Waals surface area (Å²) in [5, 5.41) is 6.71. The SMILES string of the molecule is Nc1ccc2nc(Nc3cccc4ccccc34)sc2c1. The first-order valence-electron chi connectivity index (χ1n) is 6.70. The number of benzene rings is 3. The molecule has 102 valence electrons. The van der Waals surface area contributed by atoms with Crippen molar-refractivity contribution in [3.8, 4) is 0 Å². The molecule has 0 aliphatic rings. The van der Waals surface area contributed by atoms with Crippen LogP contribution >= 0.6 is 11.3 Å². The quantitative estimate of drug-likeness (QED) is 0.523. The van der Waals surface area contributed by atoms with E-state index in [4.69, 9.17) is 5.73 Å². The van der Waals surface area contributed by atoms with Gasteiger partial charge >= 0.3 is 0 Å². The van der Waals surface area contributed by atoms with Crippen LogP contribution in [0.3, 0.4) is 0 Å². The highest BCUT2D eigenvalue weighted by atomic mass is 32.1. The van der Waals surface area contributed by atoms with Crippen LogP contribution in [0.5, 0.6) is 0 Å². The highest BCUT2D eigenvalue weighted by Crippen LogP contribution is 2.32. The van der Waals surface area contributed by atoms with Crippen molar-refractivity contribution >= 4 is 48.8 Å². The second-order valence-corrected chi connectivity index (χ2v) is 5.93. The van der Waals surface area contributed by atoms with Crippen molar-refractivity contribution < 1.29 is 0 Å². The molecule has 4 heteroatoms. The van der Waals surface area contributed by atoms with Crippen molar-refractivity contribution in [3.05, 3.63) is 60.7 Å². The Morgan fingerprint density at radius 1 is 0.952 bits per heavy atom. The Labute approximate surface area is 126 Å². The van der Waals surface area contributed by atoms with Gasteiger partial charge in [0.1, 0.15) is 0 Å². The minimum atomic E-state index is 0.767. The lowest BCUT2D eigenvalue weighted by atomic mass is 10.1. The molecular weight excluding hydrogens is 278 g/mol. The summed E-state index contributed by atoms with van der Waals surface area (Å²) in [6.45, 7) is 0. The number of nitrogen functional groups attached to an aromatic ring is 1. The van der Waals surface area contributed by atoms with Crippen LogP contribution in [0.25, 0.3) is 21.0 Å². The minimum Gasteiger partial charge on any atom is -0.399 e. The second kappa shape index (κ2) is 4.75. The number of hydrogen-bond donors (Lipinski definition) is 2. The molecule has 0 aliphatic carbocycles. The zero-order valence-electron chi connectivity index (χ0n) is 11.2. The summed E-state index contributed by atoms with van der Waals surface area (Å²) in [6.07, 6.45) is 0. The number of rotatable bonds is 2. The topological polar surface area (TPSA) is 50.9 Å². The number of anilines is 3. The molecule has 0 fully saturated rings. The van der Waals surface area contributed by atoms with E-state index in [-0.39, 0.29) is 0 Å². The fraction of sp³-hybridized carbons (Fsp3) is 0. The van der Waals surface area contributed by atoms with Crippen LogP contribution in [-0.4, -0.2) is 4.98 Å². The van der Waals surface area contributed by atoms with Crippen molar-refractivity contribution in [2.45, 2.75) is 0 Å². The molecule has 1 aromatic heterocycles. The lowest BCUT2D eigenvalue weighted by Gasteiger charge is -2.06. The van der Waals surface area contributed by atoms with E-state index in [1.165, 1.54) is 10.8 Å². The smallest absolute Gasteiger partial charge is 0.188 e. The van der Waals surface area contributed by atoms with Gasteiger partial charge in [-0.3, -0.25) is 0 Å². The van der Waals surface area contributed by atoms with E-state index in [2.05, 4.69) is 40.6 Å². The fourth-order valence-electron chi connectivity index (χ4n) is 2.44. The summed E-state index contributed by atoms with van der Waals surface area (Å²) in [7, 11) is 0. The highest BCUT2D eigenvalue weighted by Gasteiger charge is 2.06. The molecule has 0 aliphatic heterocycles. The van der Waals surface area contributed by atoms with Gasteiger partial charge in [-0.05, 0) is 29.7 Å². The number of thiazole rings is 1. The second-order valence-electron chi connectivity index (χ2n) is 4.90. The van der Waals surface area contributed by atoms with Gasteiger partial charge in [-0.2, -0.15) is 0 Å². The van der Waals surface area contributed by atoms with E-state index < -0.39 is 0 Å². The monoisotopic (exact) mass is 291 g/mol. The number of hydrogen-bond acceptors (Lipinski definition) is 4. The van der Waals surface area contributed by atoms with Crippen LogP contribution in [0.15, 0.2) is 60.7 Å². The molecule has 3 aromatic carbocycles. The van der Waals surface area contributed by atoms with Crippen molar-refractivity contribution in [1.82, 2.24) is 4.98 Å². The van der Waals surface area contributed by atoms with Crippen LogP contribution in [-0.2, 0) is 0 Å². The minimum absolute atomic E-state index is 0.767. The van der Waals surface area contributed by atoms with Gasteiger partial charge in [0.05, 0.1) is 10.2 Å². The Kier molecular flexibility index (Phi) is 2.75. The maximum atomic E-state index is 5.82. The normalized spacial score (nSPS) is 11.0. The largest absolute Gasteiger partial charge is 0.399 e. The molecule has 1 heterocycles. The van der Waals surface area contributed by atoms with Gasteiger partial charge in [-0.15, -0.1) is 0 Å². The Hall–Kier alpha value is -2.59.